The van der Waals surface area contributed by atoms with Crippen LogP contribution in [0.25, 0.3) is 11.0 Å². The van der Waals surface area contributed by atoms with Crippen LogP contribution in [0.3, 0.4) is 0 Å². The van der Waals surface area contributed by atoms with E-state index in [0.717, 1.165) is 23.9 Å². The van der Waals surface area contributed by atoms with E-state index in [0.29, 0.717) is 35.8 Å². The Morgan fingerprint density at radius 3 is 2.83 bits per heavy atom. The zero-order valence-electron chi connectivity index (χ0n) is 13.0. The van der Waals surface area contributed by atoms with Crippen LogP contribution >= 0.6 is 11.8 Å². The Hall–Kier alpha value is -2.16. The van der Waals surface area contributed by atoms with Gasteiger partial charge in [-0.2, -0.15) is 0 Å². The van der Waals surface area contributed by atoms with Gasteiger partial charge in [0.15, 0.2) is 16.8 Å². The molecule has 0 aliphatic rings. The van der Waals surface area contributed by atoms with Crippen LogP contribution < -0.4 is 5.32 Å². The lowest BCUT2D eigenvalue weighted by Gasteiger charge is -2.04. The molecule has 130 valence electrons. The van der Waals surface area contributed by atoms with Gasteiger partial charge >= 0.3 is 5.97 Å². The van der Waals surface area contributed by atoms with Crippen molar-refractivity contribution in [1.29, 1.82) is 0 Å². The van der Waals surface area contributed by atoms with E-state index in [4.69, 9.17) is 4.74 Å². The molecule has 0 saturated carbocycles. The van der Waals surface area contributed by atoms with Crippen molar-refractivity contribution in [3.05, 3.63) is 23.8 Å². The van der Waals surface area contributed by atoms with Crippen LogP contribution in [-0.4, -0.2) is 40.7 Å². The average molecular weight is 357 g/mol. The van der Waals surface area contributed by atoms with Gasteiger partial charge in [-0.25, -0.2) is 13.8 Å². The molecule has 9 heteroatoms. The summed E-state index contributed by atoms with van der Waals surface area (Å²) in [6.45, 7) is 2.44. The number of aromatic nitrogens is 2. The van der Waals surface area contributed by atoms with E-state index in [-0.39, 0.29) is 24.1 Å². The minimum absolute atomic E-state index is 0.101. The number of nitrogens with zero attached hydrogens (tertiary/aromatic N) is 1. The first-order chi connectivity index (χ1) is 11.5. The summed E-state index contributed by atoms with van der Waals surface area (Å²) >= 11 is 1.12. The number of carbonyl (C=O) groups excluding carboxylic acids is 2. The first kappa shape index (κ1) is 18.2. The number of hydrogen-bond acceptors (Lipinski definition) is 5. The molecule has 1 aromatic heterocycles. The van der Waals surface area contributed by atoms with E-state index in [1.807, 2.05) is 0 Å². The van der Waals surface area contributed by atoms with Gasteiger partial charge in [-0.15, -0.1) is 0 Å². The van der Waals surface area contributed by atoms with Gasteiger partial charge in [0.2, 0.25) is 5.91 Å². The first-order valence-electron chi connectivity index (χ1n) is 7.39. The number of nitrogens with one attached hydrogen (secondary N) is 2. The molecule has 1 aromatic carbocycles. The van der Waals surface area contributed by atoms with E-state index in [2.05, 4.69) is 15.3 Å². The van der Waals surface area contributed by atoms with Crippen LogP contribution in [-0.2, 0) is 14.3 Å². The predicted molar refractivity (Wildman–Crippen MR) is 85.6 cm³/mol. The second-order valence-corrected chi connectivity index (χ2v) is 5.84. The van der Waals surface area contributed by atoms with Gasteiger partial charge < -0.3 is 15.0 Å². The van der Waals surface area contributed by atoms with Crippen LogP contribution in [0.4, 0.5) is 8.78 Å². The predicted octanol–water partition coefficient (Wildman–Crippen LogP) is 2.39. The number of H-pyrrole nitrogens is 1. The van der Waals surface area contributed by atoms with Crippen molar-refractivity contribution in [3.8, 4) is 0 Å². The number of thioether (sulfide) groups is 1. The maximum atomic E-state index is 13.1. The third-order valence-corrected chi connectivity index (χ3v) is 3.90. The second kappa shape index (κ2) is 8.62. The van der Waals surface area contributed by atoms with E-state index >= 15 is 0 Å². The number of fused-ring (bicyclic) bond motifs is 1. The van der Waals surface area contributed by atoms with Gasteiger partial charge in [-0.3, -0.25) is 9.59 Å². The number of benzene rings is 1. The summed E-state index contributed by atoms with van der Waals surface area (Å²) in [6.07, 6.45) is 0.750. The molecule has 0 saturated heterocycles. The maximum absolute atomic E-state index is 13.1. The molecule has 0 atom stereocenters. The number of aromatic amines is 1. The molecule has 0 bridgehead atoms. The quantitative estimate of drug-likeness (QED) is 0.431. The monoisotopic (exact) mass is 357 g/mol. The summed E-state index contributed by atoms with van der Waals surface area (Å²) in [7, 11) is 0. The smallest absolute Gasteiger partial charge is 0.305 e. The summed E-state index contributed by atoms with van der Waals surface area (Å²) in [5.41, 5.74) is 0.664. The zero-order chi connectivity index (χ0) is 17.5. The van der Waals surface area contributed by atoms with E-state index in [1.165, 1.54) is 0 Å². The largest absolute Gasteiger partial charge is 0.466 e. The molecule has 2 N–H and O–H groups in total. The SMILES string of the molecule is CCOC(=O)CCCNC(=O)CSc1nc2cc(F)c(F)cc2[nH]1. The number of imidazole rings is 1. The highest BCUT2D eigenvalue weighted by atomic mass is 32.2. The third kappa shape index (κ3) is 5.19. The van der Waals surface area contributed by atoms with Crippen LogP contribution in [0.2, 0.25) is 0 Å². The van der Waals surface area contributed by atoms with Gasteiger partial charge in [0.25, 0.3) is 0 Å². The van der Waals surface area contributed by atoms with Gasteiger partial charge in [0, 0.05) is 25.1 Å². The summed E-state index contributed by atoms with van der Waals surface area (Å²) in [6, 6.07) is 2.03. The number of rotatable bonds is 8. The van der Waals surface area contributed by atoms with Gasteiger partial charge in [-0.05, 0) is 13.3 Å². The lowest BCUT2D eigenvalue weighted by Crippen LogP contribution is -2.26. The van der Waals surface area contributed by atoms with Crippen molar-refractivity contribution >= 4 is 34.7 Å². The van der Waals surface area contributed by atoms with Crippen LogP contribution in [0, 0.1) is 11.6 Å². The molecule has 0 aliphatic carbocycles. The number of carbonyl (C=O) groups is 2. The summed E-state index contributed by atoms with van der Waals surface area (Å²) in [5.74, 6) is -2.33. The molecule has 0 fully saturated rings. The molecule has 1 amide bonds. The molecule has 2 aromatic rings. The normalized spacial score (nSPS) is 10.8. The van der Waals surface area contributed by atoms with Crippen molar-refractivity contribution in [1.82, 2.24) is 15.3 Å². The minimum atomic E-state index is -0.968. The summed E-state index contributed by atoms with van der Waals surface area (Å²) in [4.78, 5) is 29.7. The fourth-order valence-corrected chi connectivity index (χ4v) is 2.64. The number of hydrogen-bond donors (Lipinski definition) is 2. The Labute approximate surface area is 141 Å². The molecule has 0 radical (unpaired) electrons. The molecule has 0 aliphatic heterocycles. The Morgan fingerprint density at radius 1 is 1.33 bits per heavy atom. The fraction of sp³-hybridized carbons (Fsp3) is 0.400. The molecular formula is C15H17F2N3O3S. The lowest BCUT2D eigenvalue weighted by atomic mass is 10.3. The molecule has 24 heavy (non-hydrogen) atoms. The Bertz CT molecular complexity index is 697. The molecule has 2 rings (SSSR count). The third-order valence-electron chi connectivity index (χ3n) is 3.03. The van der Waals surface area contributed by atoms with Crippen molar-refractivity contribution in [3.63, 3.8) is 0 Å². The molecule has 0 unspecified atom stereocenters. The van der Waals surface area contributed by atoms with Crippen molar-refractivity contribution in [2.75, 3.05) is 18.9 Å². The topological polar surface area (TPSA) is 84.1 Å². The van der Waals surface area contributed by atoms with Gasteiger partial charge in [-0.1, -0.05) is 11.8 Å². The average Bonchev–Trinajstić information content (AvgIpc) is 2.92. The molecule has 6 nitrogen and oxygen atoms in total. The highest BCUT2D eigenvalue weighted by Gasteiger charge is 2.10. The number of esters is 1. The van der Waals surface area contributed by atoms with E-state index < -0.39 is 11.6 Å². The molecular weight excluding hydrogens is 340 g/mol. The highest BCUT2D eigenvalue weighted by Crippen LogP contribution is 2.21. The summed E-state index contributed by atoms with van der Waals surface area (Å²) in [5, 5.41) is 3.07. The van der Waals surface area contributed by atoms with Crippen molar-refractivity contribution < 1.29 is 23.1 Å². The fourth-order valence-electron chi connectivity index (χ4n) is 1.93. The second-order valence-electron chi connectivity index (χ2n) is 4.87. The van der Waals surface area contributed by atoms with Gasteiger partial charge in [0.1, 0.15) is 0 Å². The summed E-state index contributed by atoms with van der Waals surface area (Å²) < 4.78 is 31.0. The van der Waals surface area contributed by atoms with Crippen molar-refractivity contribution in [2.24, 2.45) is 0 Å². The van der Waals surface area contributed by atoms with E-state index in [9.17, 15) is 18.4 Å². The molecule has 0 spiro atoms. The number of ether oxygens (including phenoxy) is 1. The standard InChI is InChI=1S/C15H17F2N3O3S/c1-2-23-14(22)4-3-5-18-13(21)8-24-15-19-11-6-9(16)10(17)7-12(11)20-15/h6-7H,2-5,8H2,1H3,(H,18,21)(H,19,20). The minimum Gasteiger partial charge on any atom is -0.466 e. The Balaban J connectivity index is 1.75. The Kier molecular flexibility index (Phi) is 6.53. The zero-order valence-corrected chi connectivity index (χ0v) is 13.8. The maximum Gasteiger partial charge on any atom is 0.305 e. The number of amides is 1. The first-order valence-corrected chi connectivity index (χ1v) is 8.38. The van der Waals surface area contributed by atoms with Crippen LogP contribution in [0.15, 0.2) is 17.3 Å². The van der Waals surface area contributed by atoms with Crippen molar-refractivity contribution in [2.45, 2.75) is 24.9 Å². The lowest BCUT2D eigenvalue weighted by molar-refractivity contribution is -0.143. The molecule has 1 heterocycles. The van der Waals surface area contributed by atoms with Gasteiger partial charge in [0.05, 0.1) is 23.4 Å². The number of halogens is 2. The Morgan fingerprint density at radius 2 is 2.08 bits per heavy atom. The van der Waals surface area contributed by atoms with Crippen LogP contribution in [0.1, 0.15) is 19.8 Å². The van der Waals surface area contributed by atoms with E-state index in [1.54, 1.807) is 6.92 Å². The van der Waals surface area contributed by atoms with Crippen LogP contribution in [0.5, 0.6) is 0 Å². The highest BCUT2D eigenvalue weighted by molar-refractivity contribution is 7.99.